The van der Waals surface area contributed by atoms with E-state index in [-0.39, 0.29) is 30.5 Å². The number of hydrogen-bond acceptors (Lipinski definition) is 8. The number of fused-ring (bicyclic) bond motifs is 3. The van der Waals surface area contributed by atoms with Gasteiger partial charge in [0.1, 0.15) is 34.3 Å². The van der Waals surface area contributed by atoms with Gasteiger partial charge in [0.15, 0.2) is 5.71 Å². The minimum atomic E-state index is -4.04. The maximum Gasteiger partial charge on any atom is 0.264 e. The highest BCUT2D eigenvalue weighted by Gasteiger charge is 2.40. The van der Waals surface area contributed by atoms with E-state index in [1.165, 1.54) is 22.3 Å². The number of nitrogens with one attached hydrogen (secondary N) is 3. The van der Waals surface area contributed by atoms with Gasteiger partial charge in [0, 0.05) is 72.3 Å². The molecule has 14 heteroatoms. The Hall–Kier alpha value is -6.66. The van der Waals surface area contributed by atoms with Gasteiger partial charge in [-0.2, -0.15) is 8.42 Å². The van der Waals surface area contributed by atoms with Crippen LogP contribution in [0.4, 0.5) is 22.9 Å². The van der Waals surface area contributed by atoms with Crippen molar-refractivity contribution in [3.05, 3.63) is 142 Å². The number of terminal acetylenes is 1. The molecule has 1 aliphatic carbocycles. The van der Waals surface area contributed by atoms with E-state index in [4.69, 9.17) is 6.42 Å². The van der Waals surface area contributed by atoms with Gasteiger partial charge in [-0.05, 0) is 118 Å². The van der Waals surface area contributed by atoms with Crippen molar-refractivity contribution in [1.29, 1.82) is 0 Å². The lowest BCUT2D eigenvalue weighted by atomic mass is 9.87. The molecule has 4 N–H and O–H groups in total. The second-order valence-corrected chi connectivity index (χ2v) is 22.2. The summed E-state index contributed by atoms with van der Waals surface area (Å²) in [5.74, 6) is 2.37. The van der Waals surface area contributed by atoms with E-state index in [1.807, 2.05) is 87.6 Å². The molecule has 0 radical (unpaired) electrons. The van der Waals surface area contributed by atoms with Crippen molar-refractivity contribution in [3.63, 3.8) is 0 Å². The van der Waals surface area contributed by atoms with Gasteiger partial charge in [0.2, 0.25) is 5.91 Å². The van der Waals surface area contributed by atoms with E-state index in [2.05, 4.69) is 85.9 Å². The second-order valence-electron chi connectivity index (χ2n) is 16.3. The fourth-order valence-electron chi connectivity index (χ4n) is 8.00. The normalized spacial score (nSPS) is 14.0. The van der Waals surface area contributed by atoms with Crippen LogP contribution < -0.4 is 26.0 Å². The molecule has 62 heavy (non-hydrogen) atoms. The highest BCUT2D eigenvalue weighted by molar-refractivity contribution is 7.85. The first kappa shape index (κ1) is 43.4. The number of allylic oxidation sites excluding steroid dienone is 5. The van der Waals surface area contributed by atoms with Crippen LogP contribution in [0.1, 0.15) is 45.5 Å². The molecule has 0 unspecified atom stereocenters. The van der Waals surface area contributed by atoms with Gasteiger partial charge in [-0.15, -0.1) is 6.42 Å². The number of hydrogen-bond donors (Lipinski definition) is 4. The van der Waals surface area contributed by atoms with E-state index in [0.29, 0.717) is 35.6 Å². The van der Waals surface area contributed by atoms with Crippen LogP contribution in [-0.2, 0) is 14.9 Å². The van der Waals surface area contributed by atoms with Crippen LogP contribution in [0.3, 0.4) is 0 Å². The molecule has 0 spiro atoms. The van der Waals surface area contributed by atoms with E-state index < -0.39 is 18.2 Å². The van der Waals surface area contributed by atoms with E-state index in [1.54, 1.807) is 6.07 Å². The average molecular weight is 865 g/mol. The highest BCUT2D eigenvalue weighted by Crippen LogP contribution is 2.43. The molecule has 2 amide bonds. The van der Waals surface area contributed by atoms with E-state index in [0.717, 1.165) is 50.3 Å². The molecular weight excluding hydrogens is 815 g/mol. The quantitative estimate of drug-likeness (QED) is 0.0443. The van der Waals surface area contributed by atoms with E-state index >= 15 is 0 Å². The first-order valence-corrected chi connectivity index (χ1v) is 24.9. The fraction of sp³-hybridized carbons (Fsp3) is 0.229. The molecule has 4 aromatic carbocycles. The molecule has 0 bridgehead atoms. The number of benzene rings is 4. The predicted octanol–water partition coefficient (Wildman–Crippen LogP) is 6.62. The molecule has 2 aliphatic rings. The summed E-state index contributed by atoms with van der Waals surface area (Å²) >= 11 is 0. The number of rotatable bonds is 13. The summed E-state index contributed by atoms with van der Waals surface area (Å²) in [6, 6.07) is 25.0. The maximum absolute atomic E-state index is 13.5. The van der Waals surface area contributed by atoms with Gasteiger partial charge in [-0.25, -0.2) is 14.5 Å². The number of carbonyl (C=O) groups is 2. The Kier molecular flexibility index (Phi) is 12.4. The number of nitrogens with zero attached hydrogens (tertiary/aromatic N) is 4. The topological polar surface area (TPSA) is 157 Å². The lowest BCUT2D eigenvalue weighted by Gasteiger charge is -2.38. The monoisotopic (exact) mass is 864 g/mol. The third kappa shape index (κ3) is 9.45. The minimum Gasteiger partial charge on any atom is -0.375 e. The lowest BCUT2D eigenvalue weighted by molar-refractivity contribution is -0.462. The van der Waals surface area contributed by atoms with Crippen molar-refractivity contribution in [2.75, 3.05) is 55.5 Å². The molecule has 1 aliphatic heterocycles. The zero-order chi connectivity index (χ0) is 44.3. The molecule has 0 atom stereocenters. The van der Waals surface area contributed by atoms with Gasteiger partial charge < -0.3 is 20.9 Å². The molecule has 0 saturated heterocycles. The smallest absolute Gasteiger partial charge is 0.264 e. The standard InChI is InChI=1S/C48H49N7O5SSi/c1-8-32-11-9-12-34(26-32)53-47-41-27-35(14-20-42(41)50-30-51-47)52-45(56)21-22-49-48(57)33-13-17-38(31(2)25-33)46-39-18-15-36(54(3)4)28-43(39)62(6,7)44-29-37(16-19-40(44)46)55(5)23-10-24-61(58,59)60/h1,9,11-20,25-30,49H,10,21-24H2,2-7H3,(H2,57,58,59,60)/p+1. The summed E-state index contributed by atoms with van der Waals surface area (Å²) in [4.78, 5) is 37.4. The summed E-state index contributed by atoms with van der Waals surface area (Å²) in [7, 11) is -0.303. The van der Waals surface area contributed by atoms with Crippen molar-refractivity contribution in [1.82, 2.24) is 15.3 Å². The molecule has 5 aromatic rings. The third-order valence-corrected chi connectivity index (χ3v) is 15.7. The third-order valence-electron chi connectivity index (χ3n) is 11.4. The van der Waals surface area contributed by atoms with Crippen LogP contribution in [-0.4, -0.2) is 93.1 Å². The maximum atomic E-state index is 13.5. The summed E-state index contributed by atoms with van der Waals surface area (Å²) in [6.45, 7) is 7.34. The Bertz CT molecular complexity index is 2920. The summed E-state index contributed by atoms with van der Waals surface area (Å²) < 4.78 is 34.1. The van der Waals surface area contributed by atoms with Crippen molar-refractivity contribution in [3.8, 4) is 12.3 Å². The van der Waals surface area contributed by atoms with Gasteiger partial charge in [0.05, 0.1) is 11.3 Å². The Labute approximate surface area is 364 Å². The van der Waals surface area contributed by atoms with Crippen LogP contribution in [0, 0.1) is 19.3 Å². The summed E-state index contributed by atoms with van der Waals surface area (Å²) in [6.07, 6.45) is 14.1. The van der Waals surface area contributed by atoms with Gasteiger partial charge in [-0.1, -0.05) is 37.2 Å². The van der Waals surface area contributed by atoms with Crippen LogP contribution in [0.2, 0.25) is 13.1 Å². The number of aromatic nitrogens is 2. The molecule has 1 aromatic heterocycles. The van der Waals surface area contributed by atoms with Gasteiger partial charge >= 0.3 is 0 Å². The van der Waals surface area contributed by atoms with Crippen LogP contribution >= 0.6 is 0 Å². The minimum absolute atomic E-state index is 0.0634. The molecule has 316 valence electrons. The Morgan fingerprint density at radius 3 is 2.48 bits per heavy atom. The first-order valence-electron chi connectivity index (χ1n) is 20.3. The lowest BCUT2D eigenvalue weighted by Crippen LogP contribution is -2.50. The number of aryl methyl sites for hydroxylation is 1. The van der Waals surface area contributed by atoms with Crippen LogP contribution in [0.25, 0.3) is 16.5 Å². The predicted molar refractivity (Wildman–Crippen MR) is 252 cm³/mol. The molecule has 2 heterocycles. The Morgan fingerprint density at radius 1 is 0.952 bits per heavy atom. The van der Waals surface area contributed by atoms with Crippen molar-refractivity contribution in [2.45, 2.75) is 32.9 Å². The average Bonchev–Trinajstić information content (AvgIpc) is 3.23. The SMILES string of the molecule is C#Cc1cccc(Nc2ncnc3ccc(NC(=O)CCNC(=O)c4ccc(C5=C6C=CC(=[N+](C)C)C=C6[Si](C)(C)c6cc(N(C)CCCS(=O)(=O)O)ccc65)c(C)c4)cc23)c1. The fourth-order valence-corrected chi connectivity index (χ4v) is 11.6. The number of anilines is 4. The van der Waals surface area contributed by atoms with E-state index in [9.17, 15) is 22.6 Å². The summed E-state index contributed by atoms with van der Waals surface area (Å²) in [5, 5.41) is 12.4. The van der Waals surface area contributed by atoms with Gasteiger partial charge in [0.25, 0.3) is 16.0 Å². The molecule has 12 nitrogen and oxygen atoms in total. The summed E-state index contributed by atoms with van der Waals surface area (Å²) in [5.41, 5.74) is 10.7. The molecule has 7 rings (SSSR count). The van der Waals surface area contributed by atoms with Crippen LogP contribution in [0.15, 0.2) is 114 Å². The molecule has 0 fully saturated rings. The van der Waals surface area contributed by atoms with Crippen molar-refractivity contribution >= 4 is 80.3 Å². The highest BCUT2D eigenvalue weighted by atomic mass is 32.2. The second kappa shape index (κ2) is 17.7. The molecule has 0 saturated carbocycles. The zero-order valence-electron chi connectivity index (χ0n) is 35.7. The van der Waals surface area contributed by atoms with Crippen LogP contribution in [0.5, 0.6) is 0 Å². The van der Waals surface area contributed by atoms with Gasteiger partial charge in [-0.3, -0.25) is 14.1 Å². The number of amides is 2. The number of carbonyl (C=O) groups excluding carboxylic acids is 2. The Morgan fingerprint density at radius 2 is 1.74 bits per heavy atom. The first-order chi connectivity index (χ1) is 29.5. The van der Waals surface area contributed by atoms with Crippen molar-refractivity contribution < 1.29 is 27.1 Å². The van der Waals surface area contributed by atoms with Crippen molar-refractivity contribution in [2.24, 2.45) is 0 Å². The zero-order valence-corrected chi connectivity index (χ0v) is 37.5. The largest absolute Gasteiger partial charge is 0.375 e. The molecular formula is C48H50N7O5SSi+. The Balaban J connectivity index is 1.07.